The molecule has 2 heterocycles. The van der Waals surface area contributed by atoms with Crippen LogP contribution in [0.3, 0.4) is 0 Å². The van der Waals surface area contributed by atoms with Crippen LogP contribution in [0.25, 0.3) is 0 Å². The van der Waals surface area contributed by atoms with Gasteiger partial charge in [-0.3, -0.25) is 4.90 Å². The highest BCUT2D eigenvalue weighted by Crippen LogP contribution is 2.27. The Kier molecular flexibility index (Phi) is 4.13. The van der Waals surface area contributed by atoms with E-state index in [9.17, 15) is 0 Å². The molecule has 1 saturated heterocycles. The van der Waals surface area contributed by atoms with E-state index in [2.05, 4.69) is 60.5 Å². The van der Waals surface area contributed by atoms with Crippen LogP contribution in [-0.2, 0) is 6.42 Å². The van der Waals surface area contributed by atoms with Crippen LogP contribution in [0.5, 0.6) is 0 Å². The molecular weight excluding hydrogens is 260 g/mol. The predicted octanol–water partition coefficient (Wildman–Crippen LogP) is 3.25. The van der Waals surface area contributed by atoms with Gasteiger partial charge < -0.3 is 9.73 Å². The average molecular weight is 284 g/mol. The van der Waals surface area contributed by atoms with Gasteiger partial charge in [0, 0.05) is 37.6 Å². The normalized spacial score (nSPS) is 22.3. The van der Waals surface area contributed by atoms with Gasteiger partial charge in [0.05, 0.1) is 6.26 Å². The van der Waals surface area contributed by atoms with E-state index in [1.165, 1.54) is 5.56 Å². The summed E-state index contributed by atoms with van der Waals surface area (Å²) in [5.41, 5.74) is 1.55. The molecule has 0 radical (unpaired) electrons. The SMILES string of the molecule is CC1(C)CN(CCc2ccco2)C(c2ccccc2)CN1. The van der Waals surface area contributed by atoms with Gasteiger partial charge in [-0.25, -0.2) is 0 Å². The van der Waals surface area contributed by atoms with Crippen molar-refractivity contribution in [2.75, 3.05) is 19.6 Å². The molecule has 1 atom stereocenters. The van der Waals surface area contributed by atoms with Crippen LogP contribution in [0.2, 0.25) is 0 Å². The third kappa shape index (κ3) is 3.55. The summed E-state index contributed by atoms with van der Waals surface area (Å²) in [6.45, 7) is 7.61. The van der Waals surface area contributed by atoms with Crippen molar-refractivity contribution in [3.05, 3.63) is 60.1 Å². The maximum atomic E-state index is 5.48. The second-order valence-corrected chi connectivity index (χ2v) is 6.49. The van der Waals surface area contributed by atoms with Gasteiger partial charge in [-0.1, -0.05) is 30.3 Å². The van der Waals surface area contributed by atoms with Crippen molar-refractivity contribution < 1.29 is 4.42 Å². The van der Waals surface area contributed by atoms with Crippen LogP contribution in [0, 0.1) is 0 Å². The van der Waals surface area contributed by atoms with Gasteiger partial charge in [-0.15, -0.1) is 0 Å². The molecule has 3 nitrogen and oxygen atoms in total. The molecule has 3 heteroatoms. The maximum absolute atomic E-state index is 5.48. The Bertz CT molecular complexity index is 548. The van der Waals surface area contributed by atoms with Gasteiger partial charge >= 0.3 is 0 Å². The summed E-state index contributed by atoms with van der Waals surface area (Å²) >= 11 is 0. The summed E-state index contributed by atoms with van der Waals surface area (Å²) in [6, 6.07) is 15.2. The largest absolute Gasteiger partial charge is 0.469 e. The minimum absolute atomic E-state index is 0.161. The average Bonchev–Trinajstić information content (AvgIpc) is 2.98. The molecule has 0 bridgehead atoms. The number of furan rings is 1. The smallest absolute Gasteiger partial charge is 0.105 e. The molecule has 1 aromatic heterocycles. The number of benzene rings is 1. The lowest BCUT2D eigenvalue weighted by atomic mass is 9.94. The van der Waals surface area contributed by atoms with Crippen LogP contribution >= 0.6 is 0 Å². The van der Waals surface area contributed by atoms with Crippen molar-refractivity contribution in [3.63, 3.8) is 0 Å². The van der Waals surface area contributed by atoms with Gasteiger partial charge in [-0.05, 0) is 31.5 Å². The topological polar surface area (TPSA) is 28.4 Å². The molecule has 0 spiro atoms. The first-order valence-electron chi connectivity index (χ1n) is 7.70. The molecule has 1 unspecified atom stereocenters. The van der Waals surface area contributed by atoms with Crippen molar-refractivity contribution in [1.82, 2.24) is 10.2 Å². The molecule has 112 valence electrons. The number of piperazine rings is 1. The molecule has 1 fully saturated rings. The first kappa shape index (κ1) is 14.4. The molecule has 1 N–H and O–H groups in total. The quantitative estimate of drug-likeness (QED) is 0.934. The van der Waals surface area contributed by atoms with E-state index in [1.54, 1.807) is 6.26 Å². The third-order valence-corrected chi connectivity index (χ3v) is 4.22. The van der Waals surface area contributed by atoms with Crippen LogP contribution in [0.15, 0.2) is 53.1 Å². The number of hydrogen-bond donors (Lipinski definition) is 1. The van der Waals surface area contributed by atoms with Crippen molar-refractivity contribution >= 4 is 0 Å². The minimum Gasteiger partial charge on any atom is -0.469 e. The molecule has 3 rings (SSSR count). The molecular formula is C18H24N2O. The first-order chi connectivity index (χ1) is 10.1. The standard InChI is InChI=1S/C18H24N2O/c1-18(2)14-20(11-10-16-9-6-12-21-16)17(13-19-18)15-7-4-3-5-8-15/h3-9,12,17,19H,10-11,13-14H2,1-2H3. The van der Waals surface area contributed by atoms with Gasteiger partial charge in [0.1, 0.15) is 5.76 Å². The lowest BCUT2D eigenvalue weighted by Gasteiger charge is -2.45. The summed E-state index contributed by atoms with van der Waals surface area (Å²) in [4.78, 5) is 2.58. The Balaban J connectivity index is 1.74. The number of nitrogens with one attached hydrogen (secondary N) is 1. The van der Waals surface area contributed by atoms with Crippen molar-refractivity contribution in [3.8, 4) is 0 Å². The molecule has 0 saturated carbocycles. The zero-order valence-corrected chi connectivity index (χ0v) is 12.9. The molecule has 21 heavy (non-hydrogen) atoms. The van der Waals surface area contributed by atoms with Crippen LogP contribution in [0.1, 0.15) is 31.2 Å². The molecule has 0 amide bonds. The van der Waals surface area contributed by atoms with Crippen LogP contribution < -0.4 is 5.32 Å². The molecule has 2 aromatic rings. The number of nitrogens with zero attached hydrogens (tertiary/aromatic N) is 1. The fourth-order valence-electron chi connectivity index (χ4n) is 3.12. The zero-order valence-electron chi connectivity index (χ0n) is 12.9. The molecule has 1 aliphatic heterocycles. The Morgan fingerprint density at radius 3 is 2.71 bits per heavy atom. The fraction of sp³-hybridized carbons (Fsp3) is 0.444. The zero-order chi connectivity index (χ0) is 14.7. The first-order valence-corrected chi connectivity index (χ1v) is 7.70. The maximum Gasteiger partial charge on any atom is 0.105 e. The second-order valence-electron chi connectivity index (χ2n) is 6.49. The van der Waals surface area contributed by atoms with Gasteiger partial charge in [-0.2, -0.15) is 0 Å². The van der Waals surface area contributed by atoms with E-state index in [4.69, 9.17) is 4.42 Å². The summed E-state index contributed by atoms with van der Waals surface area (Å²) in [5.74, 6) is 1.07. The van der Waals surface area contributed by atoms with E-state index >= 15 is 0 Å². The number of rotatable bonds is 4. The lowest BCUT2D eigenvalue weighted by molar-refractivity contribution is 0.0948. The third-order valence-electron chi connectivity index (χ3n) is 4.22. The lowest BCUT2D eigenvalue weighted by Crippen LogP contribution is -2.58. The summed E-state index contributed by atoms with van der Waals surface area (Å²) in [6.07, 6.45) is 2.72. The summed E-state index contributed by atoms with van der Waals surface area (Å²) in [7, 11) is 0. The minimum atomic E-state index is 0.161. The summed E-state index contributed by atoms with van der Waals surface area (Å²) in [5, 5.41) is 3.66. The van der Waals surface area contributed by atoms with E-state index in [0.29, 0.717) is 6.04 Å². The van der Waals surface area contributed by atoms with Crippen LogP contribution in [-0.4, -0.2) is 30.1 Å². The summed E-state index contributed by atoms with van der Waals surface area (Å²) < 4.78 is 5.48. The van der Waals surface area contributed by atoms with Crippen molar-refractivity contribution in [2.45, 2.75) is 31.8 Å². The van der Waals surface area contributed by atoms with Gasteiger partial charge in [0.2, 0.25) is 0 Å². The molecule has 1 aliphatic rings. The van der Waals surface area contributed by atoms with Crippen molar-refractivity contribution in [2.24, 2.45) is 0 Å². The van der Waals surface area contributed by atoms with Crippen molar-refractivity contribution in [1.29, 1.82) is 0 Å². The highest BCUT2D eigenvalue weighted by atomic mass is 16.3. The van der Waals surface area contributed by atoms with E-state index in [0.717, 1.165) is 31.8 Å². The predicted molar refractivity (Wildman–Crippen MR) is 85.2 cm³/mol. The second kappa shape index (κ2) is 6.04. The monoisotopic (exact) mass is 284 g/mol. The van der Waals surface area contributed by atoms with E-state index < -0.39 is 0 Å². The fourth-order valence-corrected chi connectivity index (χ4v) is 3.12. The highest BCUT2D eigenvalue weighted by molar-refractivity contribution is 5.21. The van der Waals surface area contributed by atoms with E-state index in [1.807, 2.05) is 6.07 Å². The van der Waals surface area contributed by atoms with E-state index in [-0.39, 0.29) is 5.54 Å². The Hall–Kier alpha value is -1.58. The highest BCUT2D eigenvalue weighted by Gasteiger charge is 2.32. The van der Waals surface area contributed by atoms with Gasteiger partial charge in [0.15, 0.2) is 0 Å². The number of hydrogen-bond acceptors (Lipinski definition) is 3. The van der Waals surface area contributed by atoms with Crippen LogP contribution in [0.4, 0.5) is 0 Å². The molecule has 0 aliphatic carbocycles. The Morgan fingerprint density at radius 2 is 2.00 bits per heavy atom. The van der Waals surface area contributed by atoms with Gasteiger partial charge in [0.25, 0.3) is 0 Å². The Labute approximate surface area is 127 Å². The molecule has 1 aromatic carbocycles. The Morgan fingerprint density at radius 1 is 1.19 bits per heavy atom.